The second-order valence-electron chi connectivity index (χ2n) is 9.87. The molecule has 3 N–H and O–H groups in total. The molecule has 4 rings (SSSR count). The first-order valence-electron chi connectivity index (χ1n) is 13.5. The summed E-state index contributed by atoms with van der Waals surface area (Å²) in [6, 6.07) is 4.42. The number of aromatic nitrogens is 4. The zero-order chi connectivity index (χ0) is 27.1. The van der Waals surface area contributed by atoms with Crippen LogP contribution in [0.1, 0.15) is 58.7 Å². The molecule has 0 bridgehead atoms. The lowest BCUT2D eigenvalue weighted by Gasteiger charge is -2.42. The number of amides is 1. The van der Waals surface area contributed by atoms with Crippen molar-refractivity contribution in [1.29, 1.82) is 0 Å². The first kappa shape index (κ1) is 25.3. The summed E-state index contributed by atoms with van der Waals surface area (Å²) >= 11 is 0. The Balaban J connectivity index is 1.31. The van der Waals surface area contributed by atoms with E-state index in [0.29, 0.717) is 36.4 Å². The van der Waals surface area contributed by atoms with Gasteiger partial charge >= 0.3 is 11.9 Å². The molecule has 1 saturated heterocycles. The lowest BCUT2D eigenvalue weighted by molar-refractivity contribution is -0.147. The number of carbonyl (C=O) groups excluding carboxylic acids is 3. The van der Waals surface area contributed by atoms with Crippen LogP contribution in [0.15, 0.2) is 24.3 Å². The van der Waals surface area contributed by atoms with Crippen LogP contribution in [0.25, 0.3) is 0 Å². The summed E-state index contributed by atoms with van der Waals surface area (Å²) in [6.07, 6.45) is 5.57. The molecular weight excluding hydrogens is 476 g/mol. The summed E-state index contributed by atoms with van der Waals surface area (Å²) in [7, 11) is 0. The van der Waals surface area contributed by atoms with Gasteiger partial charge in [-0.15, -0.1) is 10.2 Å². The molecule has 5 atom stereocenters. The zero-order valence-electron chi connectivity index (χ0n) is 22.4. The SMILES string of the molecule is [2H][C@@]1(C(=O)Oc2ccc(C[C@H](NC(C)=O)C(=O)OCC)cc2)C[C@H]2C[C@@H](CCc3nn[nH]n3)CC[C@H]2CN1. The van der Waals surface area contributed by atoms with Gasteiger partial charge in [0.1, 0.15) is 17.8 Å². The second kappa shape index (κ2) is 12.8. The van der Waals surface area contributed by atoms with E-state index in [1.54, 1.807) is 31.2 Å². The van der Waals surface area contributed by atoms with E-state index >= 15 is 0 Å². The van der Waals surface area contributed by atoms with Gasteiger partial charge in [-0.05, 0) is 74.6 Å². The number of nitrogens with zero attached hydrogens (tertiary/aromatic N) is 3. The van der Waals surface area contributed by atoms with E-state index < -0.39 is 24.0 Å². The highest BCUT2D eigenvalue weighted by atomic mass is 16.5. The minimum atomic E-state index is -1.50. The highest BCUT2D eigenvalue weighted by molar-refractivity contribution is 5.83. The van der Waals surface area contributed by atoms with E-state index in [1.807, 2.05) is 0 Å². The van der Waals surface area contributed by atoms with Crippen LogP contribution in [0, 0.1) is 17.8 Å². The normalized spacial score (nSPS) is 26.3. The fraction of sp³-hybridized carbons (Fsp3) is 0.615. The van der Waals surface area contributed by atoms with Gasteiger partial charge < -0.3 is 20.1 Å². The van der Waals surface area contributed by atoms with Gasteiger partial charge in [-0.2, -0.15) is 5.21 Å². The topological polar surface area (TPSA) is 148 Å². The van der Waals surface area contributed by atoms with Gasteiger partial charge in [0.25, 0.3) is 0 Å². The van der Waals surface area contributed by atoms with Crippen molar-refractivity contribution >= 4 is 17.8 Å². The molecule has 11 nitrogen and oxygen atoms in total. The minimum Gasteiger partial charge on any atom is -0.464 e. The van der Waals surface area contributed by atoms with E-state index in [2.05, 4.69) is 31.3 Å². The van der Waals surface area contributed by atoms with E-state index in [4.69, 9.17) is 10.8 Å². The minimum absolute atomic E-state index is 0.217. The number of aryl methyl sites for hydroxylation is 1. The highest BCUT2D eigenvalue weighted by Gasteiger charge is 2.38. The predicted octanol–water partition coefficient (Wildman–Crippen LogP) is 1.74. The summed E-state index contributed by atoms with van der Waals surface area (Å²) < 4.78 is 19.5. The molecule has 200 valence electrons. The van der Waals surface area contributed by atoms with Crippen molar-refractivity contribution < 1.29 is 25.2 Å². The molecule has 0 unspecified atom stereocenters. The lowest BCUT2D eigenvalue weighted by atomic mass is 9.69. The Morgan fingerprint density at radius 1 is 1.19 bits per heavy atom. The number of carbonyl (C=O) groups is 3. The number of nitrogens with one attached hydrogen (secondary N) is 3. The van der Waals surface area contributed by atoms with Crippen LogP contribution in [0.3, 0.4) is 0 Å². The van der Waals surface area contributed by atoms with Crippen molar-refractivity contribution in [2.45, 2.75) is 70.9 Å². The van der Waals surface area contributed by atoms with Crippen molar-refractivity contribution in [2.75, 3.05) is 13.2 Å². The number of aromatic amines is 1. The number of piperidine rings is 1. The summed E-state index contributed by atoms with van der Waals surface area (Å²) in [5, 5.41) is 19.9. The van der Waals surface area contributed by atoms with Crippen molar-refractivity contribution in [2.24, 2.45) is 17.8 Å². The van der Waals surface area contributed by atoms with Crippen LogP contribution in [-0.2, 0) is 32.0 Å². The molecule has 11 heteroatoms. The molecule has 1 saturated carbocycles. The third-order valence-electron chi connectivity index (χ3n) is 7.23. The Morgan fingerprint density at radius 2 is 2.00 bits per heavy atom. The van der Waals surface area contributed by atoms with Gasteiger partial charge in [-0.1, -0.05) is 23.8 Å². The average molecular weight is 514 g/mol. The maximum atomic E-state index is 13.1. The molecule has 0 spiro atoms. The molecule has 0 radical (unpaired) electrons. The molecule has 2 heterocycles. The Morgan fingerprint density at radius 3 is 2.70 bits per heavy atom. The maximum absolute atomic E-state index is 13.1. The third-order valence-corrected chi connectivity index (χ3v) is 7.23. The van der Waals surface area contributed by atoms with Gasteiger partial charge in [-0.3, -0.25) is 4.79 Å². The first-order valence-corrected chi connectivity index (χ1v) is 13.0. The van der Waals surface area contributed by atoms with Crippen molar-refractivity contribution in [3.63, 3.8) is 0 Å². The molecule has 1 aromatic carbocycles. The van der Waals surface area contributed by atoms with E-state index in [0.717, 1.165) is 37.7 Å². The predicted molar refractivity (Wildman–Crippen MR) is 133 cm³/mol. The van der Waals surface area contributed by atoms with E-state index in [9.17, 15) is 14.4 Å². The number of benzene rings is 1. The molecule has 2 aliphatic rings. The largest absolute Gasteiger partial charge is 0.464 e. The first-order chi connectivity index (χ1) is 18.3. The smallest absolute Gasteiger partial charge is 0.328 e. The molecule has 2 fully saturated rings. The van der Waals surface area contributed by atoms with Gasteiger partial charge in [-0.25, -0.2) is 9.59 Å². The van der Waals surface area contributed by atoms with Crippen molar-refractivity contribution in [3.8, 4) is 5.75 Å². The number of rotatable bonds is 10. The van der Waals surface area contributed by atoms with Crippen molar-refractivity contribution in [1.82, 2.24) is 31.3 Å². The summed E-state index contributed by atoms with van der Waals surface area (Å²) in [4.78, 5) is 36.7. The van der Waals surface area contributed by atoms with Crippen LogP contribution in [-0.4, -0.2) is 63.7 Å². The van der Waals surface area contributed by atoms with Crippen LogP contribution in [0.4, 0.5) is 0 Å². The molecule has 2 aromatic rings. The second-order valence-corrected chi connectivity index (χ2v) is 9.87. The zero-order valence-corrected chi connectivity index (χ0v) is 21.4. The maximum Gasteiger partial charge on any atom is 0.328 e. The van der Waals surface area contributed by atoms with E-state index in [1.165, 1.54) is 6.92 Å². The Labute approximate surface area is 217 Å². The summed E-state index contributed by atoms with van der Waals surface area (Å²) in [6.45, 7) is 3.89. The Bertz CT molecular complexity index is 1100. The van der Waals surface area contributed by atoms with Gasteiger partial charge in [0.05, 0.1) is 7.98 Å². The molecule has 37 heavy (non-hydrogen) atoms. The van der Waals surface area contributed by atoms with Crippen molar-refractivity contribution in [3.05, 3.63) is 35.7 Å². The Hall–Kier alpha value is -3.34. The molecular formula is C26H36N6O5. The number of hydrogen-bond acceptors (Lipinski definition) is 9. The number of H-pyrrole nitrogens is 1. The van der Waals surface area contributed by atoms with Gasteiger partial charge in [0.15, 0.2) is 5.82 Å². The lowest BCUT2D eigenvalue weighted by Crippen LogP contribution is -2.50. The molecule has 1 aliphatic carbocycles. The average Bonchev–Trinajstić information content (AvgIpc) is 3.41. The van der Waals surface area contributed by atoms with Crippen LogP contribution in [0.5, 0.6) is 5.75 Å². The van der Waals surface area contributed by atoms with Gasteiger partial charge in [0.2, 0.25) is 5.91 Å². The third kappa shape index (κ3) is 7.58. The van der Waals surface area contributed by atoms with Crippen LogP contribution < -0.4 is 15.4 Å². The summed E-state index contributed by atoms with van der Waals surface area (Å²) in [5.74, 6) is 0.830. The number of tetrazole rings is 1. The number of esters is 2. The monoisotopic (exact) mass is 513 g/mol. The highest BCUT2D eigenvalue weighted by Crippen LogP contribution is 2.40. The molecule has 1 amide bonds. The number of fused-ring (bicyclic) bond motifs is 1. The van der Waals surface area contributed by atoms with Crippen LogP contribution in [0.2, 0.25) is 0 Å². The summed E-state index contributed by atoms with van der Waals surface area (Å²) in [5.41, 5.74) is 0.768. The Kier molecular flexibility index (Phi) is 8.73. The standard InChI is InChI=1S/C26H36N6O5/c1-3-36-25(34)23(28-16(2)33)13-18-5-9-21(10-6-18)37-26(35)22-14-20-12-17(4-8-19(20)15-27-22)7-11-24-29-31-32-30-24/h5-6,9-10,17,19-20,22-23,27H,3-4,7-8,11-15H2,1-2H3,(H,28,33)(H,29,30,31,32)/t17-,19+,20-,22+,23+/m1/s1/i22D. The van der Waals surface area contributed by atoms with Crippen LogP contribution >= 0.6 is 0 Å². The van der Waals surface area contributed by atoms with E-state index in [-0.39, 0.29) is 24.9 Å². The fourth-order valence-corrected chi connectivity index (χ4v) is 5.35. The number of hydrogen-bond donors (Lipinski definition) is 3. The molecule has 1 aliphatic heterocycles. The van der Waals surface area contributed by atoms with Gasteiger partial charge in [0, 0.05) is 19.8 Å². The fourth-order valence-electron chi connectivity index (χ4n) is 5.35. The quantitative estimate of drug-likeness (QED) is 0.319. The molecule has 1 aromatic heterocycles. The number of ether oxygens (including phenoxy) is 2.